The van der Waals surface area contributed by atoms with Crippen molar-refractivity contribution in [2.75, 3.05) is 10.6 Å². The van der Waals surface area contributed by atoms with E-state index in [0.717, 1.165) is 11.3 Å². The van der Waals surface area contributed by atoms with Crippen molar-refractivity contribution in [2.24, 2.45) is 11.8 Å². The molecule has 0 aromatic heterocycles. The van der Waals surface area contributed by atoms with E-state index in [2.05, 4.69) is 10.6 Å². The average molecular weight is 369 g/mol. The highest BCUT2D eigenvalue weighted by atomic mass is 35.5. The van der Waals surface area contributed by atoms with Crippen LogP contribution in [0.15, 0.2) is 60.7 Å². The van der Waals surface area contributed by atoms with Crippen LogP contribution >= 0.6 is 11.6 Å². The molecule has 0 heterocycles. The zero-order valence-electron chi connectivity index (χ0n) is 14.5. The third-order valence-electron chi connectivity index (χ3n) is 4.62. The van der Waals surface area contributed by atoms with E-state index in [1.807, 2.05) is 43.3 Å². The monoisotopic (exact) mass is 368 g/mol. The molecule has 1 aliphatic carbocycles. The van der Waals surface area contributed by atoms with Crippen molar-refractivity contribution in [1.29, 1.82) is 0 Å². The largest absolute Gasteiger partial charge is 0.326 e. The maximum absolute atomic E-state index is 12.8. The second kappa shape index (κ2) is 8.19. The molecule has 0 spiro atoms. The lowest BCUT2D eigenvalue weighted by Gasteiger charge is -2.27. The fourth-order valence-electron chi connectivity index (χ4n) is 3.10. The zero-order valence-corrected chi connectivity index (χ0v) is 15.3. The molecule has 26 heavy (non-hydrogen) atoms. The van der Waals surface area contributed by atoms with Crippen LogP contribution in [0.3, 0.4) is 0 Å². The van der Waals surface area contributed by atoms with Gasteiger partial charge in [0.15, 0.2) is 0 Å². The van der Waals surface area contributed by atoms with Gasteiger partial charge in [-0.2, -0.15) is 0 Å². The first kappa shape index (κ1) is 18.2. The Morgan fingerprint density at radius 2 is 1.46 bits per heavy atom. The minimum Gasteiger partial charge on any atom is -0.326 e. The van der Waals surface area contributed by atoms with Crippen molar-refractivity contribution < 1.29 is 9.59 Å². The molecular formula is C21H21ClN2O2. The number of anilines is 2. The Hall–Kier alpha value is -2.59. The average Bonchev–Trinajstić information content (AvgIpc) is 2.65. The Kier molecular flexibility index (Phi) is 5.74. The van der Waals surface area contributed by atoms with Crippen molar-refractivity contribution in [3.8, 4) is 0 Å². The highest BCUT2D eigenvalue weighted by molar-refractivity contribution is 6.30. The third-order valence-corrected chi connectivity index (χ3v) is 4.87. The van der Waals surface area contributed by atoms with E-state index < -0.39 is 11.8 Å². The number of hydrogen-bond donors (Lipinski definition) is 2. The van der Waals surface area contributed by atoms with Gasteiger partial charge in [0.1, 0.15) is 0 Å². The van der Waals surface area contributed by atoms with Gasteiger partial charge < -0.3 is 10.6 Å². The molecule has 3 rings (SSSR count). The predicted molar refractivity (Wildman–Crippen MR) is 105 cm³/mol. The lowest BCUT2D eigenvalue weighted by Crippen LogP contribution is -2.37. The summed E-state index contributed by atoms with van der Waals surface area (Å²) >= 11 is 5.88. The number of amides is 2. The normalized spacial score (nSPS) is 19.0. The maximum atomic E-state index is 12.8. The fraction of sp³-hybridized carbons (Fsp3) is 0.238. The molecule has 0 saturated heterocycles. The first-order valence-corrected chi connectivity index (χ1v) is 9.00. The number of allylic oxidation sites excluding steroid dienone is 2. The summed E-state index contributed by atoms with van der Waals surface area (Å²) in [5.74, 6) is -1.08. The summed E-state index contributed by atoms with van der Waals surface area (Å²) in [6.45, 7) is 1.95. The van der Waals surface area contributed by atoms with Gasteiger partial charge in [0.05, 0.1) is 11.8 Å². The molecule has 5 heteroatoms. The van der Waals surface area contributed by atoms with Gasteiger partial charge in [-0.25, -0.2) is 0 Å². The molecule has 0 radical (unpaired) electrons. The van der Waals surface area contributed by atoms with Crippen molar-refractivity contribution in [2.45, 2.75) is 19.8 Å². The Balaban J connectivity index is 1.72. The minimum atomic E-state index is -0.403. The van der Waals surface area contributed by atoms with Crippen molar-refractivity contribution in [1.82, 2.24) is 0 Å². The first-order chi connectivity index (χ1) is 12.5. The highest BCUT2D eigenvalue weighted by Crippen LogP contribution is 2.29. The molecule has 2 aromatic rings. The Labute approximate surface area is 158 Å². The molecule has 134 valence electrons. The summed E-state index contributed by atoms with van der Waals surface area (Å²) in [4.78, 5) is 25.5. The SMILES string of the molecule is Cc1ccccc1NC(=O)C1CC=CCC1C(=O)Nc1ccc(Cl)cc1. The van der Waals surface area contributed by atoms with Crippen LogP contribution in [0.25, 0.3) is 0 Å². The summed E-state index contributed by atoms with van der Waals surface area (Å²) in [6, 6.07) is 14.6. The standard InChI is InChI=1S/C21H21ClN2O2/c1-14-6-2-5-9-19(14)24-21(26)18-8-4-3-7-17(18)20(25)23-16-12-10-15(22)11-13-16/h2-6,9-13,17-18H,7-8H2,1H3,(H,23,25)(H,24,26). The van der Waals surface area contributed by atoms with Crippen LogP contribution in [-0.4, -0.2) is 11.8 Å². The summed E-state index contributed by atoms with van der Waals surface area (Å²) in [7, 11) is 0. The van der Waals surface area contributed by atoms with E-state index in [1.54, 1.807) is 24.3 Å². The van der Waals surface area contributed by atoms with Gasteiger partial charge in [0.25, 0.3) is 0 Å². The van der Waals surface area contributed by atoms with E-state index in [9.17, 15) is 9.59 Å². The van der Waals surface area contributed by atoms with Crippen molar-refractivity contribution in [3.63, 3.8) is 0 Å². The Morgan fingerprint density at radius 3 is 2.08 bits per heavy atom. The van der Waals surface area contributed by atoms with Crippen LogP contribution in [0, 0.1) is 18.8 Å². The second-order valence-electron chi connectivity index (χ2n) is 6.46. The molecule has 2 amide bonds. The zero-order chi connectivity index (χ0) is 18.5. The van der Waals surface area contributed by atoms with Crippen LogP contribution in [0.5, 0.6) is 0 Å². The predicted octanol–water partition coefficient (Wildman–Crippen LogP) is 4.81. The third kappa shape index (κ3) is 4.33. The van der Waals surface area contributed by atoms with Crippen LogP contribution < -0.4 is 10.6 Å². The number of aryl methyl sites for hydroxylation is 1. The molecule has 0 saturated carbocycles. The summed E-state index contributed by atoms with van der Waals surface area (Å²) in [5.41, 5.74) is 2.45. The molecule has 2 atom stereocenters. The Bertz CT molecular complexity index is 830. The van der Waals surface area contributed by atoms with Gasteiger partial charge in [-0.15, -0.1) is 0 Å². The molecule has 0 fully saturated rings. The van der Waals surface area contributed by atoms with Gasteiger partial charge >= 0.3 is 0 Å². The van der Waals surface area contributed by atoms with Gasteiger partial charge in [-0.05, 0) is 55.7 Å². The van der Waals surface area contributed by atoms with Gasteiger partial charge in [0.2, 0.25) is 11.8 Å². The highest BCUT2D eigenvalue weighted by Gasteiger charge is 2.34. The number of halogens is 1. The molecule has 0 aliphatic heterocycles. The number of hydrogen-bond acceptors (Lipinski definition) is 2. The lowest BCUT2D eigenvalue weighted by molar-refractivity contribution is -0.129. The van der Waals surface area contributed by atoms with Crippen LogP contribution in [0.1, 0.15) is 18.4 Å². The smallest absolute Gasteiger partial charge is 0.228 e. The number of carbonyl (C=O) groups is 2. The van der Waals surface area contributed by atoms with Crippen LogP contribution in [-0.2, 0) is 9.59 Å². The van der Waals surface area contributed by atoms with E-state index in [4.69, 9.17) is 11.6 Å². The van der Waals surface area contributed by atoms with E-state index >= 15 is 0 Å². The molecule has 1 aliphatic rings. The summed E-state index contributed by atoms with van der Waals surface area (Å²) < 4.78 is 0. The van der Waals surface area contributed by atoms with Gasteiger partial charge in [-0.3, -0.25) is 9.59 Å². The minimum absolute atomic E-state index is 0.125. The lowest BCUT2D eigenvalue weighted by atomic mass is 9.81. The summed E-state index contributed by atoms with van der Waals surface area (Å²) in [6.07, 6.45) is 5.03. The second-order valence-corrected chi connectivity index (χ2v) is 6.89. The first-order valence-electron chi connectivity index (χ1n) is 8.62. The quantitative estimate of drug-likeness (QED) is 0.761. The fourth-order valence-corrected chi connectivity index (χ4v) is 3.23. The Morgan fingerprint density at radius 1 is 0.885 bits per heavy atom. The van der Waals surface area contributed by atoms with Crippen molar-refractivity contribution >= 4 is 34.8 Å². The number of carbonyl (C=O) groups excluding carboxylic acids is 2. The number of nitrogens with one attached hydrogen (secondary N) is 2. The molecule has 2 unspecified atom stereocenters. The topological polar surface area (TPSA) is 58.2 Å². The van der Waals surface area contributed by atoms with Gasteiger partial charge in [-0.1, -0.05) is 42.0 Å². The van der Waals surface area contributed by atoms with Crippen LogP contribution in [0.4, 0.5) is 11.4 Å². The molecule has 4 nitrogen and oxygen atoms in total. The number of rotatable bonds is 4. The molecular weight excluding hydrogens is 348 g/mol. The maximum Gasteiger partial charge on any atom is 0.228 e. The number of para-hydroxylation sites is 1. The molecule has 2 N–H and O–H groups in total. The molecule has 0 bridgehead atoms. The van der Waals surface area contributed by atoms with Crippen LogP contribution in [0.2, 0.25) is 5.02 Å². The van der Waals surface area contributed by atoms with E-state index in [1.165, 1.54) is 0 Å². The van der Waals surface area contributed by atoms with Crippen molar-refractivity contribution in [3.05, 3.63) is 71.3 Å². The van der Waals surface area contributed by atoms with E-state index in [-0.39, 0.29) is 11.8 Å². The molecule has 2 aromatic carbocycles. The van der Waals surface area contributed by atoms with Gasteiger partial charge in [0, 0.05) is 16.4 Å². The number of benzene rings is 2. The summed E-state index contributed by atoms with van der Waals surface area (Å²) in [5, 5.41) is 6.46. The van der Waals surface area contributed by atoms with E-state index in [0.29, 0.717) is 23.6 Å².